The van der Waals surface area contributed by atoms with Crippen LogP contribution in [-0.2, 0) is 0 Å². The van der Waals surface area contributed by atoms with Gasteiger partial charge in [0.25, 0.3) is 0 Å². The number of rotatable bonds is 6. The van der Waals surface area contributed by atoms with E-state index < -0.39 is 0 Å². The summed E-state index contributed by atoms with van der Waals surface area (Å²) < 4.78 is 0. The van der Waals surface area contributed by atoms with Crippen LogP contribution in [0.3, 0.4) is 0 Å². The lowest BCUT2D eigenvalue weighted by atomic mass is 10.0. The molecule has 0 saturated heterocycles. The molecule has 2 nitrogen and oxygen atoms in total. The minimum atomic E-state index is 0.393. The molecular formula is C11H22N2. The van der Waals surface area contributed by atoms with Crippen molar-refractivity contribution in [2.45, 2.75) is 46.1 Å². The smallest absolute Gasteiger partial charge is 0.0638 e. The van der Waals surface area contributed by atoms with E-state index in [0.29, 0.717) is 12.5 Å². The van der Waals surface area contributed by atoms with Gasteiger partial charge >= 0.3 is 0 Å². The summed E-state index contributed by atoms with van der Waals surface area (Å²) in [6.07, 6.45) is 3.17. The van der Waals surface area contributed by atoms with Crippen LogP contribution in [0.2, 0.25) is 0 Å². The van der Waals surface area contributed by atoms with Crippen molar-refractivity contribution >= 4 is 0 Å². The van der Waals surface area contributed by atoms with Crippen molar-refractivity contribution in [2.75, 3.05) is 13.6 Å². The van der Waals surface area contributed by atoms with Crippen LogP contribution in [-0.4, -0.2) is 24.5 Å². The Kier molecular flexibility index (Phi) is 6.62. The van der Waals surface area contributed by atoms with Gasteiger partial charge in [0.05, 0.1) is 12.5 Å². The van der Waals surface area contributed by atoms with Gasteiger partial charge in [-0.3, -0.25) is 0 Å². The first kappa shape index (κ1) is 12.4. The molecule has 0 saturated carbocycles. The Hall–Kier alpha value is -0.550. The third-order valence-electron chi connectivity index (χ3n) is 2.52. The van der Waals surface area contributed by atoms with Crippen LogP contribution >= 0.6 is 0 Å². The van der Waals surface area contributed by atoms with Gasteiger partial charge in [-0.25, -0.2) is 0 Å². The van der Waals surface area contributed by atoms with E-state index in [1.165, 1.54) is 12.8 Å². The minimum Gasteiger partial charge on any atom is -0.302 e. The summed E-state index contributed by atoms with van der Waals surface area (Å²) >= 11 is 0. The first-order valence-corrected chi connectivity index (χ1v) is 5.19. The van der Waals surface area contributed by atoms with Gasteiger partial charge in [-0.15, -0.1) is 0 Å². The molecule has 0 heterocycles. The molecule has 0 spiro atoms. The van der Waals surface area contributed by atoms with Crippen LogP contribution in [0.4, 0.5) is 0 Å². The fourth-order valence-corrected chi connectivity index (χ4v) is 1.54. The summed E-state index contributed by atoms with van der Waals surface area (Å²) in [5.74, 6) is 0.746. The van der Waals surface area contributed by atoms with Gasteiger partial charge in [0.2, 0.25) is 0 Å². The van der Waals surface area contributed by atoms with E-state index in [2.05, 4.69) is 38.8 Å². The van der Waals surface area contributed by atoms with Crippen LogP contribution in [0.1, 0.15) is 40.0 Å². The van der Waals surface area contributed by atoms with Crippen molar-refractivity contribution in [2.24, 2.45) is 5.92 Å². The molecule has 76 valence electrons. The third-order valence-corrected chi connectivity index (χ3v) is 2.52. The van der Waals surface area contributed by atoms with Crippen LogP contribution < -0.4 is 0 Å². The molecule has 0 aliphatic carbocycles. The van der Waals surface area contributed by atoms with E-state index in [0.717, 1.165) is 12.5 Å². The summed E-state index contributed by atoms with van der Waals surface area (Å²) in [7, 11) is 2.11. The second kappa shape index (κ2) is 6.91. The summed E-state index contributed by atoms with van der Waals surface area (Å²) in [6, 6.07) is 2.60. The molecule has 0 fully saturated rings. The highest BCUT2D eigenvalue weighted by Crippen LogP contribution is 2.09. The largest absolute Gasteiger partial charge is 0.302 e. The standard InChI is InChI=1S/C11H22N2/c1-5-6-10(2)9-13(4)11(3)7-8-12/h10-11H,5-7,9H2,1-4H3. The maximum Gasteiger partial charge on any atom is 0.0638 e. The Balaban J connectivity index is 3.72. The monoisotopic (exact) mass is 182 g/mol. The van der Waals surface area contributed by atoms with Gasteiger partial charge in [0.1, 0.15) is 0 Å². The van der Waals surface area contributed by atoms with Gasteiger partial charge in [-0.1, -0.05) is 20.3 Å². The highest BCUT2D eigenvalue weighted by atomic mass is 15.1. The number of nitrogens with zero attached hydrogens (tertiary/aromatic N) is 2. The maximum absolute atomic E-state index is 8.55. The Bertz CT molecular complexity index is 160. The molecule has 2 heteroatoms. The van der Waals surface area contributed by atoms with Crippen molar-refractivity contribution in [3.63, 3.8) is 0 Å². The molecule has 0 N–H and O–H groups in total. The highest BCUT2D eigenvalue weighted by molar-refractivity contribution is 4.78. The predicted octanol–water partition coefficient (Wildman–Crippen LogP) is 2.66. The van der Waals surface area contributed by atoms with E-state index in [4.69, 9.17) is 5.26 Å². The van der Waals surface area contributed by atoms with Crippen molar-refractivity contribution in [1.82, 2.24) is 4.90 Å². The van der Waals surface area contributed by atoms with E-state index in [1.807, 2.05) is 0 Å². The second-order valence-corrected chi connectivity index (χ2v) is 4.04. The van der Waals surface area contributed by atoms with Gasteiger partial charge in [0.15, 0.2) is 0 Å². The molecule has 13 heavy (non-hydrogen) atoms. The molecule has 0 amide bonds. The molecule has 0 aromatic carbocycles. The van der Waals surface area contributed by atoms with Crippen molar-refractivity contribution in [3.05, 3.63) is 0 Å². The van der Waals surface area contributed by atoms with Gasteiger partial charge in [-0.05, 0) is 26.3 Å². The molecule has 2 atom stereocenters. The molecule has 0 aromatic rings. The minimum absolute atomic E-state index is 0.393. The normalized spacial score (nSPS) is 15.4. The Morgan fingerprint density at radius 1 is 1.38 bits per heavy atom. The van der Waals surface area contributed by atoms with E-state index in [-0.39, 0.29) is 0 Å². The lowest BCUT2D eigenvalue weighted by Crippen LogP contribution is -2.32. The maximum atomic E-state index is 8.55. The van der Waals surface area contributed by atoms with Gasteiger partial charge in [-0.2, -0.15) is 5.26 Å². The number of nitriles is 1. The van der Waals surface area contributed by atoms with Crippen molar-refractivity contribution in [1.29, 1.82) is 5.26 Å². The van der Waals surface area contributed by atoms with E-state index >= 15 is 0 Å². The zero-order valence-corrected chi connectivity index (χ0v) is 9.38. The number of hydrogen-bond donors (Lipinski definition) is 0. The predicted molar refractivity (Wildman–Crippen MR) is 56.4 cm³/mol. The van der Waals surface area contributed by atoms with Crippen molar-refractivity contribution < 1.29 is 0 Å². The van der Waals surface area contributed by atoms with Crippen LogP contribution in [0.5, 0.6) is 0 Å². The quantitative estimate of drug-likeness (QED) is 0.631. The Morgan fingerprint density at radius 2 is 2.00 bits per heavy atom. The molecule has 0 radical (unpaired) electrons. The first-order valence-electron chi connectivity index (χ1n) is 5.19. The molecule has 0 aromatic heterocycles. The Morgan fingerprint density at radius 3 is 2.46 bits per heavy atom. The van der Waals surface area contributed by atoms with E-state index in [9.17, 15) is 0 Å². The summed E-state index contributed by atoms with van der Waals surface area (Å²) in [4.78, 5) is 2.28. The average molecular weight is 182 g/mol. The van der Waals surface area contributed by atoms with Crippen molar-refractivity contribution in [3.8, 4) is 6.07 Å². The van der Waals surface area contributed by atoms with Gasteiger partial charge in [0, 0.05) is 12.6 Å². The second-order valence-electron chi connectivity index (χ2n) is 4.04. The molecule has 0 rings (SSSR count). The zero-order valence-electron chi connectivity index (χ0n) is 9.38. The fourth-order valence-electron chi connectivity index (χ4n) is 1.54. The molecule has 0 bridgehead atoms. The fraction of sp³-hybridized carbons (Fsp3) is 0.909. The SMILES string of the molecule is CCCC(C)CN(C)C(C)CC#N. The molecule has 2 unspecified atom stereocenters. The summed E-state index contributed by atoms with van der Waals surface area (Å²) in [5, 5.41) is 8.55. The molecule has 0 aliphatic rings. The zero-order chi connectivity index (χ0) is 10.3. The molecular weight excluding hydrogens is 160 g/mol. The average Bonchev–Trinajstić information content (AvgIpc) is 2.05. The third kappa shape index (κ3) is 5.65. The Labute approximate surface area is 82.5 Å². The summed E-state index contributed by atoms with van der Waals surface area (Å²) in [5.41, 5.74) is 0. The number of hydrogen-bond acceptors (Lipinski definition) is 2. The van der Waals surface area contributed by atoms with E-state index in [1.54, 1.807) is 0 Å². The van der Waals surface area contributed by atoms with Gasteiger partial charge < -0.3 is 4.90 Å². The topological polar surface area (TPSA) is 27.0 Å². The first-order chi connectivity index (χ1) is 6.11. The summed E-state index contributed by atoms with van der Waals surface area (Å²) in [6.45, 7) is 7.72. The van der Waals surface area contributed by atoms with Crippen LogP contribution in [0, 0.1) is 17.2 Å². The van der Waals surface area contributed by atoms with Crippen LogP contribution in [0.25, 0.3) is 0 Å². The highest BCUT2D eigenvalue weighted by Gasteiger charge is 2.11. The lowest BCUT2D eigenvalue weighted by molar-refractivity contribution is 0.221. The van der Waals surface area contributed by atoms with Crippen LogP contribution in [0.15, 0.2) is 0 Å². The lowest BCUT2D eigenvalue weighted by Gasteiger charge is -2.25. The molecule has 0 aliphatic heterocycles.